The van der Waals surface area contributed by atoms with E-state index in [1.807, 2.05) is 33.2 Å². The number of anilines is 2. The topological polar surface area (TPSA) is 93.2 Å². The number of hydrogen-bond donors (Lipinski definition) is 1. The van der Waals surface area contributed by atoms with Gasteiger partial charge in [0.05, 0.1) is 5.52 Å². The van der Waals surface area contributed by atoms with Crippen LogP contribution in [0.1, 0.15) is 29.0 Å². The number of piperazine rings is 1. The van der Waals surface area contributed by atoms with Gasteiger partial charge in [0.25, 0.3) is 5.56 Å². The molecule has 1 fully saturated rings. The first-order chi connectivity index (χ1) is 13.4. The van der Waals surface area contributed by atoms with Gasteiger partial charge in [-0.05, 0) is 26.3 Å². The van der Waals surface area contributed by atoms with E-state index in [-0.39, 0.29) is 11.6 Å². The fraction of sp³-hybridized carbons (Fsp3) is 0.474. The van der Waals surface area contributed by atoms with Crippen molar-refractivity contribution in [2.75, 3.05) is 36.0 Å². The van der Waals surface area contributed by atoms with E-state index < -0.39 is 0 Å². The Bertz CT molecular complexity index is 1060. The molecule has 0 radical (unpaired) electrons. The Morgan fingerprint density at radius 1 is 1.11 bits per heavy atom. The Morgan fingerprint density at radius 3 is 2.32 bits per heavy atom. The zero-order valence-corrected chi connectivity index (χ0v) is 17.5. The third-order valence-corrected chi connectivity index (χ3v) is 6.28. The molecule has 4 heterocycles. The highest BCUT2D eigenvalue weighted by atomic mass is 32.1. The minimum atomic E-state index is -0.156. The van der Waals surface area contributed by atoms with Gasteiger partial charge in [-0.2, -0.15) is 0 Å². The average Bonchev–Trinajstić information content (AvgIpc) is 3.02. The highest BCUT2D eigenvalue weighted by molar-refractivity contribution is 7.19. The van der Waals surface area contributed by atoms with Crippen molar-refractivity contribution in [2.24, 2.45) is 12.8 Å². The van der Waals surface area contributed by atoms with Gasteiger partial charge in [-0.3, -0.25) is 9.36 Å². The van der Waals surface area contributed by atoms with Crippen LogP contribution in [0.15, 0.2) is 17.2 Å². The molecular weight excluding hydrogens is 374 g/mol. The van der Waals surface area contributed by atoms with E-state index >= 15 is 0 Å². The Kier molecular flexibility index (Phi) is 4.80. The van der Waals surface area contributed by atoms with Gasteiger partial charge in [-0.15, -0.1) is 11.3 Å². The number of hydrogen-bond acceptors (Lipinski definition) is 8. The molecule has 3 aromatic rings. The Morgan fingerprint density at radius 2 is 1.71 bits per heavy atom. The van der Waals surface area contributed by atoms with Gasteiger partial charge in [0.2, 0.25) is 11.9 Å². The molecule has 1 atom stereocenters. The van der Waals surface area contributed by atoms with E-state index in [9.17, 15) is 4.79 Å². The van der Waals surface area contributed by atoms with E-state index in [1.165, 1.54) is 11.3 Å². The molecule has 4 rings (SSSR count). The number of aromatic nitrogens is 4. The molecule has 0 bridgehead atoms. The summed E-state index contributed by atoms with van der Waals surface area (Å²) in [6.45, 7) is 8.98. The minimum Gasteiger partial charge on any atom is -0.339 e. The molecule has 3 aromatic heterocycles. The quantitative estimate of drug-likeness (QED) is 0.717. The third kappa shape index (κ3) is 3.14. The standard InChI is InChI=1S/C19H25N7OS/c1-11-9-21-18(22-10-11)25-5-7-26(8-6-25)19-23-15-14(12(2)20)13(3)28-16(15)17(27)24(19)4/h9-10,12H,5-8,20H2,1-4H3. The third-order valence-electron chi connectivity index (χ3n) is 5.18. The Balaban J connectivity index is 1.65. The molecule has 0 aromatic carbocycles. The fourth-order valence-corrected chi connectivity index (χ4v) is 4.87. The lowest BCUT2D eigenvalue weighted by Gasteiger charge is -2.35. The van der Waals surface area contributed by atoms with Crippen molar-refractivity contribution >= 4 is 33.5 Å². The van der Waals surface area contributed by atoms with Gasteiger partial charge < -0.3 is 15.5 Å². The number of nitrogens with zero attached hydrogens (tertiary/aromatic N) is 6. The summed E-state index contributed by atoms with van der Waals surface area (Å²) >= 11 is 1.48. The van der Waals surface area contributed by atoms with E-state index in [0.717, 1.165) is 53.6 Å². The van der Waals surface area contributed by atoms with E-state index in [2.05, 4.69) is 19.8 Å². The molecule has 9 heteroatoms. The molecule has 0 amide bonds. The Hall–Kier alpha value is -2.52. The van der Waals surface area contributed by atoms with Crippen LogP contribution < -0.4 is 21.1 Å². The summed E-state index contributed by atoms with van der Waals surface area (Å²) in [5.74, 6) is 1.44. The summed E-state index contributed by atoms with van der Waals surface area (Å²) in [4.78, 5) is 32.0. The number of rotatable bonds is 3. The highest BCUT2D eigenvalue weighted by Crippen LogP contribution is 2.32. The lowest BCUT2D eigenvalue weighted by atomic mass is 10.1. The maximum absolute atomic E-state index is 12.9. The highest BCUT2D eigenvalue weighted by Gasteiger charge is 2.25. The van der Waals surface area contributed by atoms with Gasteiger partial charge in [-0.1, -0.05) is 0 Å². The average molecular weight is 400 g/mol. The predicted octanol–water partition coefficient (Wildman–Crippen LogP) is 1.75. The smallest absolute Gasteiger partial charge is 0.272 e. The van der Waals surface area contributed by atoms with Crippen molar-refractivity contribution in [3.8, 4) is 0 Å². The van der Waals surface area contributed by atoms with Gasteiger partial charge in [0, 0.05) is 62.1 Å². The molecule has 8 nitrogen and oxygen atoms in total. The number of aryl methyl sites for hydroxylation is 2. The summed E-state index contributed by atoms with van der Waals surface area (Å²) in [6, 6.07) is -0.156. The van der Waals surface area contributed by atoms with Crippen LogP contribution in [0.2, 0.25) is 0 Å². The number of thiophene rings is 1. The molecule has 0 spiro atoms. The summed E-state index contributed by atoms with van der Waals surface area (Å²) < 4.78 is 2.34. The maximum Gasteiger partial charge on any atom is 0.272 e. The van der Waals surface area contributed by atoms with E-state index in [4.69, 9.17) is 10.7 Å². The van der Waals surface area contributed by atoms with E-state index in [0.29, 0.717) is 10.6 Å². The van der Waals surface area contributed by atoms with Gasteiger partial charge >= 0.3 is 0 Å². The van der Waals surface area contributed by atoms with Crippen LogP contribution in [-0.4, -0.2) is 45.7 Å². The molecular formula is C19H25N7OS. The normalized spacial score (nSPS) is 16.0. The monoisotopic (exact) mass is 399 g/mol. The summed E-state index contributed by atoms with van der Waals surface area (Å²) in [5, 5.41) is 0. The zero-order chi connectivity index (χ0) is 20.0. The first kappa shape index (κ1) is 18.8. The first-order valence-electron chi connectivity index (χ1n) is 9.41. The fourth-order valence-electron chi connectivity index (χ4n) is 3.69. The molecule has 0 aliphatic carbocycles. The minimum absolute atomic E-state index is 0.00991. The largest absolute Gasteiger partial charge is 0.339 e. The van der Waals surface area contributed by atoms with Crippen LogP contribution in [0.3, 0.4) is 0 Å². The van der Waals surface area contributed by atoms with Crippen molar-refractivity contribution in [3.05, 3.63) is 38.8 Å². The van der Waals surface area contributed by atoms with Crippen LogP contribution in [0.4, 0.5) is 11.9 Å². The Labute approximate surface area is 167 Å². The van der Waals surface area contributed by atoms with Crippen LogP contribution in [-0.2, 0) is 7.05 Å². The second-order valence-corrected chi connectivity index (χ2v) is 8.57. The molecule has 2 N–H and O–H groups in total. The summed E-state index contributed by atoms with van der Waals surface area (Å²) in [6.07, 6.45) is 3.67. The summed E-state index contributed by atoms with van der Waals surface area (Å²) in [7, 11) is 1.79. The van der Waals surface area contributed by atoms with Crippen LogP contribution in [0.5, 0.6) is 0 Å². The molecule has 1 saturated heterocycles. The van der Waals surface area contributed by atoms with Crippen LogP contribution in [0, 0.1) is 13.8 Å². The summed E-state index contributed by atoms with van der Waals surface area (Å²) in [5.41, 5.74) is 8.92. The molecule has 0 saturated carbocycles. The lowest BCUT2D eigenvalue weighted by Crippen LogP contribution is -2.48. The van der Waals surface area contributed by atoms with Crippen molar-refractivity contribution in [3.63, 3.8) is 0 Å². The SMILES string of the molecule is Cc1cnc(N2CCN(c3nc4c(C(C)N)c(C)sc4c(=O)n3C)CC2)nc1. The van der Waals surface area contributed by atoms with Gasteiger partial charge in [0.15, 0.2) is 0 Å². The van der Waals surface area contributed by atoms with Crippen LogP contribution in [0.25, 0.3) is 10.2 Å². The van der Waals surface area contributed by atoms with Crippen molar-refractivity contribution < 1.29 is 0 Å². The van der Waals surface area contributed by atoms with Crippen molar-refractivity contribution in [2.45, 2.75) is 26.8 Å². The molecule has 1 aliphatic rings. The molecule has 1 unspecified atom stereocenters. The van der Waals surface area contributed by atoms with Crippen LogP contribution >= 0.6 is 11.3 Å². The molecule has 1 aliphatic heterocycles. The first-order valence-corrected chi connectivity index (χ1v) is 10.2. The zero-order valence-electron chi connectivity index (χ0n) is 16.6. The second kappa shape index (κ2) is 7.14. The van der Waals surface area contributed by atoms with Gasteiger partial charge in [0.1, 0.15) is 4.70 Å². The van der Waals surface area contributed by atoms with Gasteiger partial charge in [-0.25, -0.2) is 15.0 Å². The predicted molar refractivity (Wildman–Crippen MR) is 113 cm³/mol. The van der Waals surface area contributed by atoms with E-state index in [1.54, 1.807) is 11.6 Å². The van der Waals surface area contributed by atoms with Crippen molar-refractivity contribution in [1.82, 2.24) is 19.5 Å². The number of nitrogens with two attached hydrogens (primary N) is 1. The maximum atomic E-state index is 12.9. The molecule has 28 heavy (non-hydrogen) atoms. The lowest BCUT2D eigenvalue weighted by molar-refractivity contribution is 0.613. The second-order valence-electron chi connectivity index (χ2n) is 7.35. The molecule has 148 valence electrons. The number of fused-ring (bicyclic) bond motifs is 1. The van der Waals surface area contributed by atoms with Crippen molar-refractivity contribution in [1.29, 1.82) is 0 Å².